The van der Waals surface area contributed by atoms with Gasteiger partial charge in [-0.25, -0.2) is 8.78 Å². The van der Waals surface area contributed by atoms with Gasteiger partial charge < -0.3 is 5.32 Å². The summed E-state index contributed by atoms with van der Waals surface area (Å²) in [5.74, 6) is -1.24. The fraction of sp³-hybridized carbons (Fsp3) is 0.250. The minimum Gasteiger partial charge on any atom is -0.310 e. The Kier molecular flexibility index (Phi) is 6.36. The van der Waals surface area contributed by atoms with E-state index in [0.29, 0.717) is 33.9 Å². The van der Waals surface area contributed by atoms with E-state index in [9.17, 15) is 13.6 Å². The van der Waals surface area contributed by atoms with Crippen LogP contribution in [0.25, 0.3) is 11.3 Å². The summed E-state index contributed by atoms with van der Waals surface area (Å²) in [5, 5.41) is 18.9. The number of amidine groups is 1. The van der Waals surface area contributed by atoms with E-state index in [1.807, 2.05) is 6.07 Å². The maximum absolute atomic E-state index is 13.6. The van der Waals surface area contributed by atoms with Crippen molar-refractivity contribution in [2.24, 2.45) is 4.99 Å². The van der Waals surface area contributed by atoms with Crippen LogP contribution in [0.4, 0.5) is 8.78 Å². The van der Waals surface area contributed by atoms with Crippen LogP contribution in [0.1, 0.15) is 47.3 Å². The molecule has 1 aliphatic rings. The molecule has 32 heavy (non-hydrogen) atoms. The first-order valence-corrected chi connectivity index (χ1v) is 10.4. The molecule has 1 fully saturated rings. The Morgan fingerprint density at radius 3 is 2.62 bits per heavy atom. The van der Waals surface area contributed by atoms with E-state index in [2.05, 4.69) is 15.5 Å². The van der Waals surface area contributed by atoms with Crippen LogP contribution in [0, 0.1) is 23.0 Å². The minimum atomic E-state index is -0.681. The Morgan fingerprint density at radius 2 is 1.91 bits per heavy atom. The predicted octanol–water partition coefficient (Wildman–Crippen LogP) is 4.54. The fourth-order valence-corrected chi connectivity index (χ4v) is 3.79. The van der Waals surface area contributed by atoms with Crippen molar-refractivity contribution in [1.29, 1.82) is 5.26 Å². The van der Waals surface area contributed by atoms with Crippen LogP contribution in [-0.2, 0) is 6.42 Å². The van der Waals surface area contributed by atoms with E-state index in [4.69, 9.17) is 10.3 Å². The number of benzene rings is 2. The number of nitrogens with one attached hydrogen (secondary N) is 2. The number of halogens is 2. The van der Waals surface area contributed by atoms with E-state index >= 15 is 0 Å². The van der Waals surface area contributed by atoms with Gasteiger partial charge in [0.25, 0.3) is 5.91 Å². The largest absolute Gasteiger partial charge is 0.310 e. The smallest absolute Gasteiger partial charge is 0.256 e. The molecule has 1 heterocycles. The molecule has 1 saturated carbocycles. The first kappa shape index (κ1) is 21.4. The lowest BCUT2D eigenvalue weighted by molar-refractivity contribution is 0.0976. The van der Waals surface area contributed by atoms with Gasteiger partial charge in [0.1, 0.15) is 17.5 Å². The molecule has 0 unspecified atom stereocenters. The number of hydrogen-bond donors (Lipinski definition) is 2. The predicted molar refractivity (Wildman–Crippen MR) is 116 cm³/mol. The topological polar surface area (TPSA) is 93.9 Å². The highest BCUT2D eigenvalue weighted by atomic mass is 19.1. The summed E-state index contributed by atoms with van der Waals surface area (Å²) >= 11 is 0. The zero-order chi connectivity index (χ0) is 22.5. The van der Waals surface area contributed by atoms with Crippen molar-refractivity contribution in [2.45, 2.75) is 38.1 Å². The van der Waals surface area contributed by atoms with Crippen molar-refractivity contribution in [2.75, 3.05) is 0 Å². The zero-order valence-corrected chi connectivity index (χ0v) is 17.2. The van der Waals surface area contributed by atoms with Gasteiger partial charge in [-0.15, -0.1) is 0 Å². The summed E-state index contributed by atoms with van der Waals surface area (Å²) in [5.41, 5.74) is 2.12. The highest BCUT2D eigenvalue weighted by Gasteiger charge is 2.18. The van der Waals surface area contributed by atoms with Crippen LogP contribution in [0.15, 0.2) is 53.5 Å². The van der Waals surface area contributed by atoms with Crippen LogP contribution >= 0.6 is 0 Å². The zero-order valence-electron chi connectivity index (χ0n) is 17.2. The van der Waals surface area contributed by atoms with Gasteiger partial charge in [0, 0.05) is 29.3 Å². The molecule has 1 aromatic heterocycles. The molecule has 162 valence electrons. The number of hydrogen-bond acceptors (Lipinski definition) is 4. The molecule has 6 nitrogen and oxygen atoms in total. The standard InChI is InChI=1S/C24H21F2N5O/c25-18-9-17(10-19(26)11-18)22-12-21(30-31-22)13-23(28-20-6-1-2-7-20)29-24(32)16-5-3-4-15(8-16)14-27/h3-5,8-12,20H,1-2,6-7,13H2,(H,30,31)(H,28,29,32). The molecule has 0 radical (unpaired) electrons. The summed E-state index contributed by atoms with van der Waals surface area (Å²) in [6.45, 7) is 0. The average molecular weight is 433 g/mol. The molecule has 4 rings (SSSR count). The summed E-state index contributed by atoms with van der Waals surface area (Å²) in [7, 11) is 0. The van der Waals surface area contributed by atoms with Gasteiger partial charge in [0.2, 0.25) is 0 Å². The van der Waals surface area contributed by atoms with Crippen molar-refractivity contribution >= 4 is 11.7 Å². The maximum Gasteiger partial charge on any atom is 0.256 e. The number of H-pyrrole nitrogens is 1. The van der Waals surface area contributed by atoms with Gasteiger partial charge in [-0.1, -0.05) is 18.9 Å². The Labute approximate surface area is 184 Å². The Balaban J connectivity index is 1.55. The van der Waals surface area contributed by atoms with Crippen molar-refractivity contribution in [3.8, 4) is 17.3 Å². The number of aromatic amines is 1. The average Bonchev–Trinajstić information content (AvgIpc) is 3.45. The number of aromatic nitrogens is 2. The molecule has 0 aliphatic heterocycles. The van der Waals surface area contributed by atoms with Crippen LogP contribution in [0.3, 0.4) is 0 Å². The number of nitrogens with zero attached hydrogens (tertiary/aromatic N) is 3. The third-order valence-electron chi connectivity index (χ3n) is 5.32. The maximum atomic E-state index is 13.6. The molecule has 3 aromatic rings. The third-order valence-corrected chi connectivity index (χ3v) is 5.32. The number of rotatable bonds is 5. The molecular formula is C24H21F2N5O. The van der Waals surface area contributed by atoms with E-state index in [0.717, 1.165) is 31.7 Å². The second-order valence-electron chi connectivity index (χ2n) is 7.77. The summed E-state index contributed by atoms with van der Waals surface area (Å²) in [6, 6.07) is 13.5. The van der Waals surface area contributed by atoms with Crippen molar-refractivity contribution in [3.63, 3.8) is 0 Å². The van der Waals surface area contributed by atoms with Gasteiger partial charge in [-0.2, -0.15) is 10.4 Å². The second kappa shape index (κ2) is 9.52. The van der Waals surface area contributed by atoms with Gasteiger partial charge in [-0.05, 0) is 49.2 Å². The monoisotopic (exact) mass is 433 g/mol. The number of aliphatic imine (C=N–C) groups is 1. The molecule has 0 bridgehead atoms. The van der Waals surface area contributed by atoms with E-state index < -0.39 is 11.6 Å². The van der Waals surface area contributed by atoms with E-state index in [1.165, 1.54) is 18.2 Å². The number of carbonyl (C=O) groups is 1. The number of carbonyl (C=O) groups excluding carboxylic acids is 1. The molecule has 0 atom stereocenters. The third kappa shape index (κ3) is 5.24. The van der Waals surface area contributed by atoms with Crippen molar-refractivity contribution < 1.29 is 13.6 Å². The molecule has 2 N–H and O–H groups in total. The lowest BCUT2D eigenvalue weighted by atomic mass is 10.1. The lowest BCUT2D eigenvalue weighted by Crippen LogP contribution is -2.33. The summed E-state index contributed by atoms with van der Waals surface area (Å²) in [6.07, 6.45) is 4.38. The molecule has 1 aliphatic carbocycles. The van der Waals surface area contributed by atoms with Crippen LogP contribution < -0.4 is 5.32 Å². The Morgan fingerprint density at radius 1 is 1.16 bits per heavy atom. The molecule has 0 spiro atoms. The summed E-state index contributed by atoms with van der Waals surface area (Å²) in [4.78, 5) is 17.5. The molecule has 1 amide bonds. The fourth-order valence-electron chi connectivity index (χ4n) is 3.79. The molecular weight excluding hydrogens is 412 g/mol. The lowest BCUT2D eigenvalue weighted by Gasteiger charge is -2.11. The highest BCUT2D eigenvalue weighted by molar-refractivity contribution is 6.07. The first-order chi connectivity index (χ1) is 15.5. The number of nitriles is 1. The van der Waals surface area contributed by atoms with E-state index in [-0.39, 0.29) is 18.4 Å². The minimum absolute atomic E-state index is 0.135. The molecule has 2 aromatic carbocycles. The van der Waals surface area contributed by atoms with Crippen LogP contribution in [0.2, 0.25) is 0 Å². The van der Waals surface area contributed by atoms with Gasteiger partial charge in [0.05, 0.1) is 23.4 Å². The highest BCUT2D eigenvalue weighted by Crippen LogP contribution is 2.23. The van der Waals surface area contributed by atoms with Crippen molar-refractivity contribution in [1.82, 2.24) is 15.5 Å². The first-order valence-electron chi connectivity index (χ1n) is 10.4. The second-order valence-corrected chi connectivity index (χ2v) is 7.77. The van der Waals surface area contributed by atoms with Crippen LogP contribution in [0.5, 0.6) is 0 Å². The van der Waals surface area contributed by atoms with Crippen molar-refractivity contribution in [3.05, 3.63) is 77.0 Å². The quantitative estimate of drug-likeness (QED) is 0.457. The molecule has 8 heteroatoms. The SMILES string of the molecule is N#Cc1cccc(C(=O)NC(Cc2cc(-c3cc(F)cc(F)c3)n[nH]2)=NC2CCCC2)c1. The van der Waals surface area contributed by atoms with E-state index in [1.54, 1.807) is 24.3 Å². The van der Waals surface area contributed by atoms with Gasteiger partial charge in [0.15, 0.2) is 0 Å². The van der Waals surface area contributed by atoms with Gasteiger partial charge in [-0.3, -0.25) is 14.9 Å². The van der Waals surface area contributed by atoms with Gasteiger partial charge >= 0.3 is 0 Å². The Bertz CT molecular complexity index is 1180. The Hall–Kier alpha value is -3.86. The van der Waals surface area contributed by atoms with Crippen LogP contribution in [-0.4, -0.2) is 28.0 Å². The summed E-state index contributed by atoms with van der Waals surface area (Å²) < 4.78 is 27.1. The normalized spacial score (nSPS) is 14.3. The number of amides is 1. The molecule has 0 saturated heterocycles.